The molecule has 1 aliphatic heterocycles. The number of fused-ring (bicyclic) bond motifs is 5. The third kappa shape index (κ3) is 3.66. The molecule has 2 bridgehead atoms. The molecule has 182 valence electrons. The second kappa shape index (κ2) is 8.59. The molecule has 6 rings (SSSR count). The molecule has 0 unspecified atom stereocenters. The van der Waals surface area contributed by atoms with Crippen molar-refractivity contribution in [3.63, 3.8) is 0 Å². The summed E-state index contributed by atoms with van der Waals surface area (Å²) in [5.41, 5.74) is 4.51. The van der Waals surface area contributed by atoms with Crippen molar-refractivity contribution in [3.05, 3.63) is 95.1 Å². The molecule has 2 amide bonds. The lowest BCUT2D eigenvalue weighted by Gasteiger charge is -2.13. The summed E-state index contributed by atoms with van der Waals surface area (Å²) < 4.78 is 21.3. The molecule has 2 aliphatic carbocycles. The van der Waals surface area contributed by atoms with E-state index >= 15 is 0 Å². The molecule has 1 aromatic heterocycles. The Morgan fingerprint density at radius 2 is 1.69 bits per heavy atom. The molecule has 0 N–H and O–H groups in total. The maximum atomic E-state index is 13.4. The Kier molecular flexibility index (Phi) is 5.36. The molecule has 3 aliphatic rings. The van der Waals surface area contributed by atoms with Gasteiger partial charge in [0.05, 0.1) is 18.1 Å². The topological polar surface area (TPSA) is 63.9 Å². The first-order chi connectivity index (χ1) is 17.4. The number of hydrogen-bond donors (Lipinski definition) is 0. The Morgan fingerprint density at radius 1 is 1.00 bits per heavy atom. The first-order valence-electron chi connectivity index (χ1n) is 12.2. The number of imide groups is 1. The smallest absolute Gasteiger partial charge is 0.254 e. The minimum absolute atomic E-state index is 0.169. The predicted molar refractivity (Wildman–Crippen MR) is 133 cm³/mol. The molecular formula is C29H26FN3O3. The van der Waals surface area contributed by atoms with Crippen molar-refractivity contribution in [2.45, 2.75) is 26.9 Å². The number of hydrazone groups is 1. The highest BCUT2D eigenvalue weighted by Crippen LogP contribution is 2.52. The summed E-state index contributed by atoms with van der Waals surface area (Å²) in [4.78, 5) is 25.8. The van der Waals surface area contributed by atoms with Gasteiger partial charge < -0.3 is 9.30 Å². The van der Waals surface area contributed by atoms with Gasteiger partial charge in [0.15, 0.2) is 0 Å². The minimum atomic E-state index is -0.283. The zero-order valence-corrected chi connectivity index (χ0v) is 20.1. The fourth-order valence-corrected chi connectivity index (χ4v) is 5.92. The Morgan fingerprint density at radius 3 is 2.36 bits per heavy atom. The van der Waals surface area contributed by atoms with E-state index in [0.717, 1.165) is 39.6 Å². The van der Waals surface area contributed by atoms with Crippen LogP contribution < -0.4 is 4.74 Å². The second-order valence-corrected chi connectivity index (χ2v) is 9.81. The normalized spacial score (nSPS) is 24.4. The Hall–Kier alpha value is -4.00. The van der Waals surface area contributed by atoms with E-state index in [1.54, 1.807) is 12.3 Å². The summed E-state index contributed by atoms with van der Waals surface area (Å²) in [6.45, 7) is 4.26. The Labute approximate surface area is 208 Å². The fourth-order valence-electron chi connectivity index (χ4n) is 5.92. The van der Waals surface area contributed by atoms with Crippen LogP contribution in [0.4, 0.5) is 4.39 Å². The average Bonchev–Trinajstić information content (AvgIpc) is 3.61. The SMILES string of the molecule is Cc1cc(C=NN2C(=O)[C@@H]3[C@H](C2=O)[C@H]2C=C[C@H]3C2)c(C)n1-c1ccc(OCc2cccc(F)c2)cc1. The number of carbonyl (C=O) groups is 2. The lowest BCUT2D eigenvalue weighted by Crippen LogP contribution is -2.28. The van der Waals surface area contributed by atoms with Gasteiger partial charge in [-0.05, 0) is 80.1 Å². The highest BCUT2D eigenvalue weighted by atomic mass is 19.1. The number of halogens is 1. The van der Waals surface area contributed by atoms with E-state index in [0.29, 0.717) is 5.75 Å². The van der Waals surface area contributed by atoms with Crippen LogP contribution in [0.15, 0.2) is 71.9 Å². The van der Waals surface area contributed by atoms with Gasteiger partial charge in [0.25, 0.3) is 11.8 Å². The fraction of sp³-hybridized carbons (Fsp3) is 0.276. The van der Waals surface area contributed by atoms with E-state index in [4.69, 9.17) is 4.74 Å². The number of amides is 2. The van der Waals surface area contributed by atoms with Crippen molar-refractivity contribution in [1.82, 2.24) is 9.58 Å². The van der Waals surface area contributed by atoms with Gasteiger partial charge in [-0.2, -0.15) is 10.1 Å². The lowest BCUT2D eigenvalue weighted by molar-refractivity contribution is -0.140. The van der Waals surface area contributed by atoms with E-state index in [9.17, 15) is 14.0 Å². The third-order valence-electron chi connectivity index (χ3n) is 7.62. The summed E-state index contributed by atoms with van der Waals surface area (Å²) in [7, 11) is 0. The number of benzene rings is 2. The molecule has 1 saturated heterocycles. The number of rotatable bonds is 6. The van der Waals surface area contributed by atoms with Crippen LogP contribution in [0.5, 0.6) is 5.75 Å². The van der Waals surface area contributed by atoms with Gasteiger partial charge in [0, 0.05) is 22.6 Å². The monoisotopic (exact) mass is 483 g/mol. The van der Waals surface area contributed by atoms with E-state index in [1.165, 1.54) is 12.1 Å². The predicted octanol–water partition coefficient (Wildman–Crippen LogP) is 4.95. The summed E-state index contributed by atoms with van der Waals surface area (Å²) in [5, 5.41) is 5.42. The summed E-state index contributed by atoms with van der Waals surface area (Å²) in [6.07, 6.45) is 6.67. The number of hydrogen-bond acceptors (Lipinski definition) is 4. The van der Waals surface area contributed by atoms with Crippen molar-refractivity contribution in [2.75, 3.05) is 0 Å². The molecule has 36 heavy (non-hydrogen) atoms. The average molecular weight is 484 g/mol. The van der Waals surface area contributed by atoms with Gasteiger partial charge in [-0.25, -0.2) is 4.39 Å². The van der Waals surface area contributed by atoms with Gasteiger partial charge in [-0.3, -0.25) is 9.59 Å². The minimum Gasteiger partial charge on any atom is -0.489 e. The van der Waals surface area contributed by atoms with Crippen molar-refractivity contribution in [3.8, 4) is 11.4 Å². The largest absolute Gasteiger partial charge is 0.489 e. The maximum absolute atomic E-state index is 13.4. The van der Waals surface area contributed by atoms with Crippen LogP contribution >= 0.6 is 0 Å². The van der Waals surface area contributed by atoms with Crippen molar-refractivity contribution in [2.24, 2.45) is 28.8 Å². The molecule has 1 saturated carbocycles. The number of nitrogens with zero attached hydrogens (tertiary/aromatic N) is 3. The van der Waals surface area contributed by atoms with Gasteiger partial charge in [-0.15, -0.1) is 0 Å². The van der Waals surface area contributed by atoms with Crippen molar-refractivity contribution < 1.29 is 18.7 Å². The van der Waals surface area contributed by atoms with Crippen LogP contribution in [0.1, 0.15) is 28.9 Å². The molecule has 0 radical (unpaired) electrons. The molecule has 2 heterocycles. The third-order valence-corrected chi connectivity index (χ3v) is 7.62. The van der Waals surface area contributed by atoms with Crippen LogP contribution in [0.25, 0.3) is 5.69 Å². The van der Waals surface area contributed by atoms with Gasteiger partial charge in [0.1, 0.15) is 18.2 Å². The first kappa shape index (κ1) is 22.5. The lowest BCUT2D eigenvalue weighted by atomic mass is 9.85. The first-order valence-corrected chi connectivity index (χ1v) is 12.2. The van der Waals surface area contributed by atoms with Crippen LogP contribution in [0, 0.1) is 43.3 Å². The second-order valence-electron chi connectivity index (χ2n) is 9.81. The summed E-state index contributed by atoms with van der Waals surface area (Å²) in [5.74, 6) is -0.119. The zero-order chi connectivity index (χ0) is 25.0. The number of allylic oxidation sites excluding steroid dienone is 2. The van der Waals surface area contributed by atoms with Crippen LogP contribution in [0.2, 0.25) is 0 Å². The van der Waals surface area contributed by atoms with Gasteiger partial charge in [-0.1, -0.05) is 24.3 Å². The van der Waals surface area contributed by atoms with Crippen molar-refractivity contribution in [1.29, 1.82) is 0 Å². The highest BCUT2D eigenvalue weighted by Gasteiger charge is 2.59. The molecule has 7 heteroatoms. The van der Waals surface area contributed by atoms with Gasteiger partial charge in [0.2, 0.25) is 0 Å². The van der Waals surface area contributed by atoms with Crippen LogP contribution in [-0.4, -0.2) is 27.6 Å². The van der Waals surface area contributed by atoms with E-state index in [1.807, 2.05) is 50.2 Å². The van der Waals surface area contributed by atoms with E-state index in [-0.39, 0.29) is 47.9 Å². The molecular weight excluding hydrogens is 457 g/mol. The quantitative estimate of drug-likeness (QED) is 0.283. The molecule has 2 fully saturated rings. The number of carbonyl (C=O) groups excluding carboxylic acids is 2. The summed E-state index contributed by atoms with van der Waals surface area (Å²) in [6, 6.07) is 16.0. The standard InChI is InChI=1S/C29H26FN3O3/c1-17-12-22(15-31-33-28(34)26-20-6-7-21(14-20)27(26)29(33)35)18(2)32(17)24-8-10-25(11-9-24)36-16-19-4-3-5-23(30)13-19/h3-13,15,20-21,26-27H,14,16H2,1-2H3/t20-,21-,26-,27+/m0/s1. The number of aryl methyl sites for hydroxylation is 1. The van der Waals surface area contributed by atoms with E-state index in [2.05, 4.69) is 21.8 Å². The molecule has 3 aromatic rings. The molecule has 0 spiro atoms. The maximum Gasteiger partial charge on any atom is 0.254 e. The summed E-state index contributed by atoms with van der Waals surface area (Å²) >= 11 is 0. The molecule has 6 nitrogen and oxygen atoms in total. The molecule has 4 atom stereocenters. The Bertz CT molecular complexity index is 1390. The van der Waals surface area contributed by atoms with Crippen molar-refractivity contribution >= 4 is 18.0 Å². The van der Waals surface area contributed by atoms with Gasteiger partial charge >= 0.3 is 0 Å². The van der Waals surface area contributed by atoms with E-state index < -0.39 is 0 Å². The highest BCUT2D eigenvalue weighted by molar-refractivity contribution is 6.06. The molecule has 2 aromatic carbocycles. The van der Waals surface area contributed by atoms with Crippen LogP contribution in [-0.2, 0) is 16.2 Å². The Balaban J connectivity index is 1.17. The zero-order valence-electron chi connectivity index (χ0n) is 20.1. The van der Waals surface area contributed by atoms with Crippen LogP contribution in [0.3, 0.4) is 0 Å². The number of ether oxygens (including phenoxy) is 1. The number of aromatic nitrogens is 1.